The Bertz CT molecular complexity index is 492. The van der Waals surface area contributed by atoms with Gasteiger partial charge in [-0.25, -0.2) is 4.98 Å². The van der Waals surface area contributed by atoms with Crippen LogP contribution >= 0.6 is 0 Å². The zero-order valence-corrected chi connectivity index (χ0v) is 12.3. The molecule has 0 saturated carbocycles. The summed E-state index contributed by atoms with van der Waals surface area (Å²) >= 11 is 0. The van der Waals surface area contributed by atoms with E-state index >= 15 is 0 Å². The van der Waals surface area contributed by atoms with Crippen molar-refractivity contribution in [3.63, 3.8) is 0 Å². The summed E-state index contributed by atoms with van der Waals surface area (Å²) in [6, 6.07) is 3.50. The van der Waals surface area contributed by atoms with E-state index in [0.717, 1.165) is 25.9 Å². The van der Waals surface area contributed by atoms with Crippen molar-refractivity contribution >= 4 is 17.3 Å². The number of aromatic nitrogens is 1. The molecular weight excluding hydrogens is 256 g/mol. The van der Waals surface area contributed by atoms with E-state index < -0.39 is 0 Å². The molecule has 1 aliphatic rings. The third-order valence-corrected chi connectivity index (χ3v) is 3.82. The monoisotopic (exact) mass is 278 g/mol. The summed E-state index contributed by atoms with van der Waals surface area (Å²) in [6.45, 7) is 7.89. The normalized spacial score (nSPS) is 22.6. The molecule has 0 amide bonds. The van der Waals surface area contributed by atoms with Gasteiger partial charge in [-0.2, -0.15) is 0 Å². The summed E-state index contributed by atoms with van der Waals surface area (Å²) in [7, 11) is 0. The maximum absolute atomic E-state index is 11.2. The number of piperidine rings is 1. The van der Waals surface area contributed by atoms with Gasteiger partial charge in [-0.05, 0) is 38.7 Å². The minimum Gasteiger partial charge on any atom is -0.370 e. The van der Waals surface area contributed by atoms with Crippen molar-refractivity contribution in [2.24, 2.45) is 5.92 Å². The molecule has 110 valence electrons. The van der Waals surface area contributed by atoms with Gasteiger partial charge in [-0.3, -0.25) is 10.1 Å². The van der Waals surface area contributed by atoms with Crippen molar-refractivity contribution < 1.29 is 4.92 Å². The van der Waals surface area contributed by atoms with Gasteiger partial charge in [0.25, 0.3) is 0 Å². The van der Waals surface area contributed by atoms with Gasteiger partial charge in [0.15, 0.2) is 0 Å². The predicted molar refractivity (Wildman–Crippen MR) is 80.3 cm³/mol. The minimum absolute atomic E-state index is 0.0908. The number of anilines is 2. The molecule has 6 heteroatoms. The third kappa shape index (κ3) is 3.00. The van der Waals surface area contributed by atoms with Gasteiger partial charge < -0.3 is 10.2 Å². The van der Waals surface area contributed by atoms with Gasteiger partial charge in [0, 0.05) is 25.2 Å². The Morgan fingerprint density at radius 2 is 2.25 bits per heavy atom. The van der Waals surface area contributed by atoms with Gasteiger partial charge in [0.05, 0.1) is 4.92 Å². The van der Waals surface area contributed by atoms with Crippen LogP contribution < -0.4 is 10.2 Å². The van der Waals surface area contributed by atoms with Crippen molar-refractivity contribution in [3.05, 3.63) is 22.2 Å². The van der Waals surface area contributed by atoms with E-state index in [2.05, 4.69) is 29.0 Å². The van der Waals surface area contributed by atoms with Crippen LogP contribution in [-0.4, -0.2) is 29.0 Å². The summed E-state index contributed by atoms with van der Waals surface area (Å²) in [5.41, 5.74) is 0.0908. The molecule has 2 atom stereocenters. The number of hydrogen-bond donors (Lipinski definition) is 1. The second-order valence-electron chi connectivity index (χ2n) is 5.50. The summed E-state index contributed by atoms with van der Waals surface area (Å²) in [5, 5.41) is 14.3. The Kier molecular flexibility index (Phi) is 4.42. The van der Waals surface area contributed by atoms with Crippen LogP contribution in [0.5, 0.6) is 0 Å². The van der Waals surface area contributed by atoms with E-state index in [1.807, 2.05) is 6.92 Å². The molecule has 20 heavy (non-hydrogen) atoms. The summed E-state index contributed by atoms with van der Waals surface area (Å²) < 4.78 is 0. The first-order valence-corrected chi connectivity index (χ1v) is 7.18. The maximum Gasteiger partial charge on any atom is 0.311 e. The highest BCUT2D eigenvalue weighted by molar-refractivity contribution is 5.62. The van der Waals surface area contributed by atoms with Crippen LogP contribution in [0.25, 0.3) is 0 Å². The molecule has 1 aromatic heterocycles. The summed E-state index contributed by atoms with van der Waals surface area (Å²) in [5.74, 6) is 1.85. The van der Waals surface area contributed by atoms with Gasteiger partial charge in [-0.15, -0.1) is 0 Å². The van der Waals surface area contributed by atoms with Gasteiger partial charge in [0.2, 0.25) is 5.82 Å². The van der Waals surface area contributed by atoms with Gasteiger partial charge in [0.1, 0.15) is 5.82 Å². The lowest BCUT2D eigenvalue weighted by Gasteiger charge is -2.37. The number of nitrogens with zero attached hydrogens (tertiary/aromatic N) is 3. The number of nitro groups is 1. The number of hydrogen-bond acceptors (Lipinski definition) is 5. The molecule has 2 unspecified atom stereocenters. The van der Waals surface area contributed by atoms with Crippen LogP contribution in [0.15, 0.2) is 12.1 Å². The first kappa shape index (κ1) is 14.6. The first-order chi connectivity index (χ1) is 9.52. The third-order valence-electron chi connectivity index (χ3n) is 3.82. The van der Waals surface area contributed by atoms with Gasteiger partial charge >= 0.3 is 5.69 Å². The van der Waals surface area contributed by atoms with E-state index in [1.165, 1.54) is 0 Å². The molecule has 0 radical (unpaired) electrons. The molecule has 2 rings (SSSR count). The molecule has 6 nitrogen and oxygen atoms in total. The van der Waals surface area contributed by atoms with Crippen LogP contribution in [0.4, 0.5) is 17.3 Å². The molecule has 1 saturated heterocycles. The highest BCUT2D eigenvalue weighted by atomic mass is 16.6. The van der Waals surface area contributed by atoms with Crippen LogP contribution in [0.1, 0.15) is 33.6 Å². The van der Waals surface area contributed by atoms with E-state index in [4.69, 9.17) is 0 Å². The SMILES string of the molecule is CCNc1ccc([N+](=O)[O-])c(N2CCC(C)CC2C)n1. The fourth-order valence-corrected chi connectivity index (χ4v) is 2.80. The highest BCUT2D eigenvalue weighted by Crippen LogP contribution is 2.33. The maximum atomic E-state index is 11.2. The summed E-state index contributed by atoms with van der Waals surface area (Å²) in [6.07, 6.45) is 2.10. The quantitative estimate of drug-likeness (QED) is 0.677. The molecule has 0 spiro atoms. The lowest BCUT2D eigenvalue weighted by Crippen LogP contribution is -2.41. The van der Waals surface area contributed by atoms with Crippen molar-refractivity contribution in [2.75, 3.05) is 23.3 Å². The van der Waals surface area contributed by atoms with Gasteiger partial charge in [-0.1, -0.05) is 6.92 Å². The molecule has 0 aliphatic carbocycles. The van der Waals surface area contributed by atoms with Crippen molar-refractivity contribution in [3.8, 4) is 0 Å². The molecular formula is C14H22N4O2. The van der Waals surface area contributed by atoms with Crippen LogP contribution in [-0.2, 0) is 0 Å². The van der Waals surface area contributed by atoms with E-state index in [0.29, 0.717) is 17.6 Å². The molecule has 1 N–H and O–H groups in total. The van der Waals surface area contributed by atoms with E-state index in [9.17, 15) is 10.1 Å². The average Bonchev–Trinajstić information content (AvgIpc) is 2.38. The van der Waals surface area contributed by atoms with Crippen LogP contribution in [0.3, 0.4) is 0 Å². The Hall–Kier alpha value is -1.85. The Morgan fingerprint density at radius 3 is 2.85 bits per heavy atom. The standard InChI is InChI=1S/C14H22N4O2/c1-4-15-13-6-5-12(18(19)20)14(16-13)17-8-7-10(2)9-11(17)3/h5-6,10-11H,4,7-9H2,1-3H3,(H,15,16). The second-order valence-corrected chi connectivity index (χ2v) is 5.50. The highest BCUT2D eigenvalue weighted by Gasteiger charge is 2.29. The van der Waals surface area contributed by atoms with Crippen LogP contribution in [0, 0.1) is 16.0 Å². The zero-order valence-electron chi connectivity index (χ0n) is 12.3. The van der Waals surface area contributed by atoms with E-state index in [1.54, 1.807) is 12.1 Å². The Balaban J connectivity index is 2.36. The lowest BCUT2D eigenvalue weighted by atomic mass is 9.93. The van der Waals surface area contributed by atoms with Crippen molar-refractivity contribution in [2.45, 2.75) is 39.7 Å². The van der Waals surface area contributed by atoms with Crippen molar-refractivity contribution in [1.82, 2.24) is 4.98 Å². The average molecular weight is 278 g/mol. The second kappa shape index (κ2) is 6.07. The zero-order chi connectivity index (χ0) is 14.7. The largest absolute Gasteiger partial charge is 0.370 e. The summed E-state index contributed by atoms with van der Waals surface area (Å²) in [4.78, 5) is 17.4. The lowest BCUT2D eigenvalue weighted by molar-refractivity contribution is -0.384. The Labute approximate surface area is 119 Å². The molecule has 1 aromatic rings. The first-order valence-electron chi connectivity index (χ1n) is 7.18. The minimum atomic E-state index is -0.344. The molecule has 1 aliphatic heterocycles. The fourth-order valence-electron chi connectivity index (χ4n) is 2.80. The molecule has 1 fully saturated rings. The number of rotatable bonds is 4. The molecule has 0 bridgehead atoms. The van der Waals surface area contributed by atoms with E-state index in [-0.39, 0.29) is 16.7 Å². The molecule has 0 aromatic carbocycles. The van der Waals surface area contributed by atoms with Crippen molar-refractivity contribution in [1.29, 1.82) is 0 Å². The number of nitrogens with one attached hydrogen (secondary N) is 1. The fraction of sp³-hybridized carbons (Fsp3) is 0.643. The van der Waals surface area contributed by atoms with Crippen LogP contribution in [0.2, 0.25) is 0 Å². The smallest absolute Gasteiger partial charge is 0.311 e. The number of pyridine rings is 1. The Morgan fingerprint density at radius 1 is 1.50 bits per heavy atom. The predicted octanol–water partition coefficient (Wildman–Crippen LogP) is 3.05. The molecule has 2 heterocycles. The topological polar surface area (TPSA) is 71.3 Å².